The molecule has 0 aliphatic carbocycles. The van der Waals surface area contributed by atoms with Crippen molar-refractivity contribution in [1.29, 1.82) is 0 Å². The Bertz CT molecular complexity index is 247. The van der Waals surface area contributed by atoms with Crippen LogP contribution in [0.5, 0.6) is 0 Å². The van der Waals surface area contributed by atoms with Gasteiger partial charge in [0.25, 0.3) is 0 Å². The minimum absolute atomic E-state index is 0.0174. The van der Waals surface area contributed by atoms with Gasteiger partial charge in [-0.05, 0) is 0 Å². The summed E-state index contributed by atoms with van der Waals surface area (Å²) in [6, 6.07) is 0. The lowest BCUT2D eigenvalue weighted by Gasteiger charge is -1.86. The average Bonchev–Trinajstić information content (AvgIpc) is 1.86. The van der Waals surface area contributed by atoms with Crippen molar-refractivity contribution in [2.75, 3.05) is 5.75 Å². The summed E-state index contributed by atoms with van der Waals surface area (Å²) in [4.78, 5) is 8.56. The summed E-state index contributed by atoms with van der Waals surface area (Å²) in [5, 5.41) is 14.9. The molecule has 0 aliphatic heterocycles. The van der Waals surface area contributed by atoms with Gasteiger partial charge in [-0.25, -0.2) is 13.2 Å². The molecule has 0 fully saturated rings. The molecule has 12 heavy (non-hydrogen) atoms. The van der Waals surface area contributed by atoms with Crippen LogP contribution in [0, 0.1) is 0 Å². The quantitative estimate of drug-likeness (QED) is 0.652. The van der Waals surface area contributed by atoms with E-state index in [1.807, 2.05) is 0 Å². The van der Waals surface area contributed by atoms with Gasteiger partial charge in [-0.15, -0.1) is 6.58 Å². The third kappa shape index (κ3) is 15.9. The lowest BCUT2D eigenvalue weighted by molar-refractivity contribution is 0.137. The molecule has 0 saturated carbocycles. The minimum atomic E-state index is -3.02. The second-order valence-corrected chi connectivity index (χ2v) is 3.56. The van der Waals surface area contributed by atoms with Gasteiger partial charge in [0.05, 0.1) is 5.75 Å². The lowest BCUT2D eigenvalue weighted by atomic mass is 10.8. The lowest BCUT2D eigenvalue weighted by Crippen LogP contribution is -1.96. The Kier molecular flexibility index (Phi) is 7.11. The maximum absolute atomic E-state index is 10.4. The molecule has 0 atom stereocenters. The first kappa shape index (κ1) is 13.3. The highest BCUT2D eigenvalue weighted by molar-refractivity contribution is 7.94. The maximum atomic E-state index is 10.4. The van der Waals surface area contributed by atoms with Crippen LogP contribution in [0.4, 0.5) is 4.79 Å². The second-order valence-electron chi connectivity index (χ2n) is 1.57. The number of hydrogen-bond donors (Lipinski definition) is 2. The number of rotatable bonds is 3. The zero-order valence-electron chi connectivity index (χ0n) is 6.30. The fraction of sp³-hybridized carbons (Fsp3) is 0.167. The van der Waals surface area contributed by atoms with E-state index in [0.717, 1.165) is 5.41 Å². The summed E-state index contributed by atoms with van der Waals surface area (Å²) in [6.07, 6.45) is -0.503. The molecule has 0 bridgehead atoms. The van der Waals surface area contributed by atoms with E-state index in [1.54, 1.807) is 0 Å². The first-order valence-electron chi connectivity index (χ1n) is 2.73. The SMILES string of the molecule is C=CCS(=O)(=O)C=C.O=C(O)O. The molecule has 0 aromatic rings. The molecule has 0 unspecified atom stereocenters. The Hall–Kier alpha value is -1.30. The van der Waals surface area contributed by atoms with E-state index >= 15 is 0 Å². The van der Waals surface area contributed by atoms with E-state index in [-0.39, 0.29) is 5.75 Å². The molecule has 0 aromatic heterocycles. The third-order valence-electron chi connectivity index (χ3n) is 0.604. The predicted octanol–water partition coefficient (Wildman–Crippen LogP) is 0.953. The molecule has 0 spiro atoms. The smallest absolute Gasteiger partial charge is 0.450 e. The number of hydrogen-bond acceptors (Lipinski definition) is 3. The van der Waals surface area contributed by atoms with Crippen LogP contribution in [0.2, 0.25) is 0 Å². The monoisotopic (exact) mass is 194 g/mol. The molecule has 2 N–H and O–H groups in total. The van der Waals surface area contributed by atoms with Crippen LogP contribution in [0.25, 0.3) is 0 Å². The van der Waals surface area contributed by atoms with Crippen molar-refractivity contribution >= 4 is 16.0 Å². The van der Waals surface area contributed by atoms with E-state index < -0.39 is 16.0 Å². The molecule has 0 heterocycles. The molecule has 70 valence electrons. The maximum Gasteiger partial charge on any atom is 0.503 e. The molecule has 0 aromatic carbocycles. The zero-order valence-corrected chi connectivity index (χ0v) is 7.12. The Morgan fingerprint density at radius 1 is 1.33 bits per heavy atom. The van der Waals surface area contributed by atoms with Gasteiger partial charge >= 0.3 is 6.16 Å². The Labute approximate surface area is 70.6 Å². The van der Waals surface area contributed by atoms with E-state index in [1.165, 1.54) is 6.08 Å². The fourth-order valence-corrected chi connectivity index (χ4v) is 0.697. The van der Waals surface area contributed by atoms with E-state index in [2.05, 4.69) is 13.2 Å². The molecule has 5 nitrogen and oxygen atoms in total. The van der Waals surface area contributed by atoms with Crippen LogP contribution in [0.1, 0.15) is 0 Å². The highest BCUT2D eigenvalue weighted by Gasteiger charge is 1.97. The second kappa shape index (κ2) is 6.41. The summed E-state index contributed by atoms with van der Waals surface area (Å²) in [5.74, 6) is -0.0174. The van der Waals surface area contributed by atoms with Crippen LogP contribution in [0.3, 0.4) is 0 Å². The molecule has 0 rings (SSSR count). The molecule has 0 amide bonds. The number of carboxylic acid groups (broad SMARTS) is 2. The van der Waals surface area contributed by atoms with Crippen LogP contribution >= 0.6 is 0 Å². The van der Waals surface area contributed by atoms with Gasteiger partial charge in [0.1, 0.15) is 0 Å². The van der Waals surface area contributed by atoms with Crippen molar-refractivity contribution < 1.29 is 23.4 Å². The molecule has 0 radical (unpaired) electrons. The van der Waals surface area contributed by atoms with E-state index in [0.29, 0.717) is 0 Å². The van der Waals surface area contributed by atoms with Gasteiger partial charge in [-0.1, -0.05) is 12.7 Å². The Morgan fingerprint density at radius 3 is 1.75 bits per heavy atom. The van der Waals surface area contributed by atoms with Crippen molar-refractivity contribution in [3.63, 3.8) is 0 Å². The van der Waals surface area contributed by atoms with Gasteiger partial charge < -0.3 is 10.2 Å². The first-order chi connectivity index (χ1) is 5.35. The van der Waals surface area contributed by atoms with E-state index in [9.17, 15) is 8.42 Å². The largest absolute Gasteiger partial charge is 0.503 e. The van der Waals surface area contributed by atoms with Crippen molar-refractivity contribution in [2.45, 2.75) is 0 Å². The molecule has 6 heteroatoms. The van der Waals surface area contributed by atoms with Gasteiger partial charge in [0.2, 0.25) is 0 Å². The molecular formula is C6H10O5S. The minimum Gasteiger partial charge on any atom is -0.450 e. The van der Waals surface area contributed by atoms with Crippen molar-refractivity contribution in [3.05, 3.63) is 24.6 Å². The molecule has 0 aliphatic rings. The predicted molar refractivity (Wildman–Crippen MR) is 44.8 cm³/mol. The highest BCUT2D eigenvalue weighted by Crippen LogP contribution is 1.88. The Morgan fingerprint density at radius 2 is 1.67 bits per heavy atom. The first-order valence-corrected chi connectivity index (χ1v) is 4.45. The van der Waals surface area contributed by atoms with Crippen molar-refractivity contribution in [2.24, 2.45) is 0 Å². The summed E-state index contributed by atoms with van der Waals surface area (Å²) in [5.41, 5.74) is 0. The van der Waals surface area contributed by atoms with Crippen molar-refractivity contribution in [1.82, 2.24) is 0 Å². The fourth-order valence-electron chi connectivity index (χ4n) is 0.232. The van der Waals surface area contributed by atoms with Gasteiger partial charge in [0.15, 0.2) is 9.84 Å². The Balaban J connectivity index is 0. The standard InChI is InChI=1S/C5H8O2S.CH2O3/c1-3-5-8(6,7)4-2;2-1(3)4/h3-4H,1-2,5H2;(H2,2,3,4). The van der Waals surface area contributed by atoms with Crippen LogP contribution in [-0.4, -0.2) is 30.5 Å². The topological polar surface area (TPSA) is 91.7 Å². The summed E-state index contributed by atoms with van der Waals surface area (Å²) in [6.45, 7) is 6.38. The third-order valence-corrected chi connectivity index (χ3v) is 1.81. The van der Waals surface area contributed by atoms with Crippen LogP contribution in [-0.2, 0) is 9.84 Å². The van der Waals surface area contributed by atoms with Gasteiger partial charge in [-0.3, -0.25) is 0 Å². The zero-order chi connectivity index (χ0) is 10.2. The number of sulfone groups is 1. The average molecular weight is 194 g/mol. The van der Waals surface area contributed by atoms with Gasteiger partial charge in [-0.2, -0.15) is 0 Å². The van der Waals surface area contributed by atoms with Crippen LogP contribution in [0.15, 0.2) is 24.6 Å². The summed E-state index contributed by atoms with van der Waals surface area (Å²) >= 11 is 0. The normalized spacial score (nSPS) is 9.00. The summed E-state index contributed by atoms with van der Waals surface area (Å²) < 4.78 is 20.8. The molecular weight excluding hydrogens is 184 g/mol. The highest BCUT2D eigenvalue weighted by atomic mass is 32.2. The van der Waals surface area contributed by atoms with E-state index in [4.69, 9.17) is 15.0 Å². The van der Waals surface area contributed by atoms with Gasteiger partial charge in [0, 0.05) is 5.41 Å². The van der Waals surface area contributed by atoms with Crippen molar-refractivity contribution in [3.8, 4) is 0 Å². The number of carbonyl (C=O) groups is 1. The van der Waals surface area contributed by atoms with Crippen LogP contribution < -0.4 is 0 Å². The summed E-state index contributed by atoms with van der Waals surface area (Å²) in [7, 11) is -3.02. The molecule has 0 saturated heterocycles.